The fourth-order valence-corrected chi connectivity index (χ4v) is 2.70. The second-order valence-electron chi connectivity index (χ2n) is 4.99. The van der Waals surface area contributed by atoms with Crippen molar-refractivity contribution in [3.63, 3.8) is 0 Å². The van der Waals surface area contributed by atoms with Crippen molar-refractivity contribution in [1.29, 1.82) is 0 Å². The number of ether oxygens (including phenoxy) is 1. The minimum Gasteiger partial charge on any atom is -0.468 e. The zero-order chi connectivity index (χ0) is 12.8. The van der Waals surface area contributed by atoms with Gasteiger partial charge in [0.2, 0.25) is 0 Å². The average Bonchev–Trinajstić information content (AvgIpc) is 2.30. The van der Waals surface area contributed by atoms with Crippen molar-refractivity contribution in [3.8, 4) is 0 Å². The number of piperazine rings is 1. The van der Waals surface area contributed by atoms with Crippen molar-refractivity contribution in [1.82, 2.24) is 9.80 Å². The van der Waals surface area contributed by atoms with Gasteiger partial charge >= 0.3 is 5.97 Å². The molecular formula is C12H23BrN2O2. The molecule has 1 fully saturated rings. The third-order valence-electron chi connectivity index (χ3n) is 2.96. The van der Waals surface area contributed by atoms with Crippen LogP contribution in [-0.2, 0) is 9.53 Å². The lowest BCUT2D eigenvalue weighted by molar-refractivity contribution is -0.140. The third kappa shape index (κ3) is 5.36. The summed E-state index contributed by atoms with van der Waals surface area (Å²) in [6.07, 6.45) is 0. The van der Waals surface area contributed by atoms with E-state index in [-0.39, 0.29) is 10.8 Å². The molecule has 1 unspecified atom stereocenters. The van der Waals surface area contributed by atoms with Gasteiger partial charge in [0.25, 0.3) is 0 Å². The lowest BCUT2D eigenvalue weighted by Gasteiger charge is -2.36. The number of carbonyl (C=O) groups is 1. The number of alkyl halides is 1. The number of esters is 1. The third-order valence-corrected chi connectivity index (χ3v) is 3.63. The molecule has 1 heterocycles. The molecule has 0 radical (unpaired) electrons. The van der Waals surface area contributed by atoms with Gasteiger partial charge in [-0.25, -0.2) is 0 Å². The standard InChI is InChI=1S/C12H23BrN2O2/c1-10(2)8-14-4-6-15(7-5-14)9-11(13)12(16)17-3/h10-11H,4-9H2,1-3H3. The van der Waals surface area contributed by atoms with Crippen molar-refractivity contribution in [2.75, 3.05) is 46.4 Å². The van der Waals surface area contributed by atoms with E-state index in [2.05, 4.69) is 39.6 Å². The Labute approximate surface area is 112 Å². The van der Waals surface area contributed by atoms with Gasteiger partial charge in [0.15, 0.2) is 0 Å². The van der Waals surface area contributed by atoms with Crippen molar-refractivity contribution >= 4 is 21.9 Å². The molecule has 0 bridgehead atoms. The minimum atomic E-state index is -0.204. The van der Waals surface area contributed by atoms with Crippen LogP contribution in [0.3, 0.4) is 0 Å². The fraction of sp³-hybridized carbons (Fsp3) is 0.917. The molecule has 1 saturated heterocycles. The van der Waals surface area contributed by atoms with E-state index in [1.165, 1.54) is 13.7 Å². The summed E-state index contributed by atoms with van der Waals surface area (Å²) in [5.74, 6) is 0.537. The molecule has 1 aliphatic heterocycles. The van der Waals surface area contributed by atoms with Crippen LogP contribution in [0.2, 0.25) is 0 Å². The van der Waals surface area contributed by atoms with E-state index < -0.39 is 0 Å². The van der Waals surface area contributed by atoms with E-state index >= 15 is 0 Å². The number of nitrogens with zero attached hydrogens (tertiary/aromatic N) is 2. The first-order chi connectivity index (χ1) is 8.02. The molecule has 0 aromatic rings. The van der Waals surface area contributed by atoms with Crippen LogP contribution >= 0.6 is 15.9 Å². The Kier molecular flexibility index (Phi) is 6.44. The Bertz CT molecular complexity index is 241. The fourth-order valence-electron chi connectivity index (χ4n) is 2.10. The second-order valence-corrected chi connectivity index (χ2v) is 6.09. The average molecular weight is 307 g/mol. The zero-order valence-corrected chi connectivity index (χ0v) is 12.6. The van der Waals surface area contributed by atoms with E-state index in [0.29, 0.717) is 0 Å². The summed E-state index contributed by atoms with van der Waals surface area (Å²) >= 11 is 3.36. The maximum absolute atomic E-state index is 11.3. The summed E-state index contributed by atoms with van der Waals surface area (Å²) in [5.41, 5.74) is 0. The molecule has 1 aliphatic rings. The van der Waals surface area contributed by atoms with E-state index in [0.717, 1.165) is 38.6 Å². The molecule has 0 spiro atoms. The topological polar surface area (TPSA) is 32.8 Å². The Balaban J connectivity index is 2.25. The zero-order valence-electron chi connectivity index (χ0n) is 11.0. The highest BCUT2D eigenvalue weighted by Gasteiger charge is 2.23. The highest BCUT2D eigenvalue weighted by Crippen LogP contribution is 2.09. The molecule has 0 aliphatic carbocycles. The maximum Gasteiger partial charge on any atom is 0.320 e. The van der Waals surface area contributed by atoms with Gasteiger partial charge in [0, 0.05) is 39.3 Å². The van der Waals surface area contributed by atoms with Crippen LogP contribution in [0.4, 0.5) is 0 Å². The van der Waals surface area contributed by atoms with Crippen molar-refractivity contribution in [2.24, 2.45) is 5.92 Å². The predicted octanol–water partition coefficient (Wildman–Crippen LogP) is 1.20. The molecule has 0 N–H and O–H groups in total. The quantitative estimate of drug-likeness (QED) is 0.564. The molecule has 1 rings (SSSR count). The van der Waals surface area contributed by atoms with Crippen LogP contribution in [0.1, 0.15) is 13.8 Å². The van der Waals surface area contributed by atoms with Crippen LogP contribution in [-0.4, -0.2) is 67.0 Å². The first-order valence-electron chi connectivity index (χ1n) is 6.19. The molecule has 0 aromatic carbocycles. The molecule has 100 valence electrons. The van der Waals surface area contributed by atoms with Gasteiger partial charge in [-0.3, -0.25) is 9.69 Å². The first kappa shape index (κ1) is 14.9. The van der Waals surface area contributed by atoms with Gasteiger partial charge in [0.05, 0.1) is 7.11 Å². The molecule has 17 heavy (non-hydrogen) atoms. The maximum atomic E-state index is 11.3. The van der Waals surface area contributed by atoms with E-state index in [9.17, 15) is 4.79 Å². The number of halogens is 1. The summed E-state index contributed by atoms with van der Waals surface area (Å²) in [6, 6.07) is 0. The molecule has 0 amide bonds. The van der Waals surface area contributed by atoms with Crippen LogP contribution in [0.15, 0.2) is 0 Å². The lowest BCUT2D eigenvalue weighted by atomic mass is 10.2. The van der Waals surface area contributed by atoms with E-state index in [1.807, 2.05) is 0 Å². The van der Waals surface area contributed by atoms with E-state index in [4.69, 9.17) is 4.74 Å². The highest BCUT2D eigenvalue weighted by atomic mass is 79.9. The summed E-state index contributed by atoms with van der Waals surface area (Å²) in [5, 5.41) is 0. The Morgan fingerprint density at radius 3 is 2.06 bits per heavy atom. The summed E-state index contributed by atoms with van der Waals surface area (Å²) < 4.78 is 4.70. The van der Waals surface area contributed by atoms with Gasteiger partial charge in [-0.1, -0.05) is 29.8 Å². The molecule has 5 heteroatoms. The minimum absolute atomic E-state index is 0.186. The Morgan fingerprint density at radius 2 is 1.65 bits per heavy atom. The van der Waals surface area contributed by atoms with Crippen LogP contribution in [0.25, 0.3) is 0 Å². The van der Waals surface area contributed by atoms with Crippen LogP contribution < -0.4 is 0 Å². The summed E-state index contributed by atoms with van der Waals surface area (Å²) in [6.45, 7) is 10.7. The number of hydrogen-bond donors (Lipinski definition) is 0. The number of hydrogen-bond acceptors (Lipinski definition) is 4. The lowest BCUT2D eigenvalue weighted by Crippen LogP contribution is -2.49. The molecule has 0 saturated carbocycles. The molecule has 1 atom stereocenters. The summed E-state index contributed by atoms with van der Waals surface area (Å²) in [4.78, 5) is 15.9. The van der Waals surface area contributed by atoms with Gasteiger partial charge in [-0.15, -0.1) is 0 Å². The second kappa shape index (κ2) is 7.34. The van der Waals surface area contributed by atoms with Crippen LogP contribution in [0.5, 0.6) is 0 Å². The number of methoxy groups -OCH3 is 1. The Hall–Kier alpha value is -0.130. The molecular weight excluding hydrogens is 284 g/mol. The Morgan fingerprint density at radius 1 is 1.18 bits per heavy atom. The van der Waals surface area contributed by atoms with Crippen molar-refractivity contribution < 1.29 is 9.53 Å². The highest BCUT2D eigenvalue weighted by molar-refractivity contribution is 9.10. The normalized spacial score (nSPS) is 20.5. The predicted molar refractivity (Wildman–Crippen MR) is 72.4 cm³/mol. The summed E-state index contributed by atoms with van der Waals surface area (Å²) in [7, 11) is 1.43. The van der Waals surface area contributed by atoms with E-state index in [1.54, 1.807) is 0 Å². The van der Waals surface area contributed by atoms with Gasteiger partial charge in [-0.05, 0) is 5.92 Å². The van der Waals surface area contributed by atoms with Crippen molar-refractivity contribution in [2.45, 2.75) is 18.7 Å². The van der Waals surface area contributed by atoms with Gasteiger partial charge in [-0.2, -0.15) is 0 Å². The monoisotopic (exact) mass is 306 g/mol. The first-order valence-corrected chi connectivity index (χ1v) is 7.11. The molecule has 4 nitrogen and oxygen atoms in total. The van der Waals surface area contributed by atoms with Crippen LogP contribution in [0, 0.1) is 5.92 Å². The number of carbonyl (C=O) groups excluding carboxylic acids is 1. The SMILES string of the molecule is COC(=O)C(Br)CN1CCN(CC(C)C)CC1. The molecule has 0 aromatic heterocycles. The van der Waals surface area contributed by atoms with Gasteiger partial charge in [0.1, 0.15) is 4.83 Å². The smallest absolute Gasteiger partial charge is 0.320 e. The van der Waals surface area contributed by atoms with Crippen molar-refractivity contribution in [3.05, 3.63) is 0 Å². The largest absolute Gasteiger partial charge is 0.468 e. The number of rotatable bonds is 5. The van der Waals surface area contributed by atoms with Gasteiger partial charge < -0.3 is 9.64 Å².